The van der Waals surface area contributed by atoms with E-state index in [0.29, 0.717) is 6.42 Å². The third kappa shape index (κ3) is 7.26. The van der Waals surface area contributed by atoms with Crippen molar-refractivity contribution < 1.29 is 24.4 Å². The predicted molar refractivity (Wildman–Crippen MR) is 81.1 cm³/mol. The van der Waals surface area contributed by atoms with Gasteiger partial charge in [-0.25, -0.2) is 4.79 Å². The first-order chi connectivity index (χ1) is 10.4. The summed E-state index contributed by atoms with van der Waals surface area (Å²) in [6, 6.07) is 1.48. The van der Waals surface area contributed by atoms with Gasteiger partial charge in [0.25, 0.3) is 0 Å². The molecule has 2 atom stereocenters. The molecule has 0 amide bonds. The van der Waals surface area contributed by atoms with Gasteiger partial charge in [-0.3, -0.25) is 4.57 Å². The minimum absolute atomic E-state index is 0.00656. The number of hydrogen-bond acceptors (Lipinski definition) is 8. The number of aromatic nitrogens is 2. The molecule has 2 unspecified atom stereocenters. The van der Waals surface area contributed by atoms with Gasteiger partial charge in [0.2, 0.25) is 0 Å². The van der Waals surface area contributed by atoms with Gasteiger partial charge in [0, 0.05) is 12.8 Å². The molecule has 0 aromatic carbocycles. The van der Waals surface area contributed by atoms with Crippen LogP contribution in [0.3, 0.4) is 0 Å². The Kier molecular flexibility index (Phi) is 8.47. The summed E-state index contributed by atoms with van der Waals surface area (Å²) in [7, 11) is -2.19. The first-order valence-corrected chi connectivity index (χ1v) is 8.18. The van der Waals surface area contributed by atoms with E-state index in [0.717, 1.165) is 0 Å². The van der Waals surface area contributed by atoms with E-state index >= 15 is 0 Å². The van der Waals surface area contributed by atoms with Crippen LogP contribution in [0.2, 0.25) is 0 Å². The molecule has 0 saturated heterocycles. The Morgan fingerprint density at radius 1 is 1.45 bits per heavy atom. The number of rotatable bonds is 10. The maximum absolute atomic E-state index is 11.7. The summed E-state index contributed by atoms with van der Waals surface area (Å²) in [6.07, 6.45) is 0.979. The number of nitrogen functional groups attached to an aromatic ring is 1. The Hall–Kier alpha value is -1.09. The van der Waals surface area contributed by atoms with E-state index in [9.17, 15) is 4.79 Å². The van der Waals surface area contributed by atoms with E-state index in [1.807, 2.05) is 0 Å². The van der Waals surface area contributed by atoms with Crippen LogP contribution in [0.15, 0.2) is 17.1 Å². The van der Waals surface area contributed by atoms with Crippen LogP contribution in [-0.2, 0) is 16.0 Å². The Labute approximate surface area is 129 Å². The monoisotopic (exact) mass is 335 g/mol. The summed E-state index contributed by atoms with van der Waals surface area (Å²) in [6.45, 7) is 2.09. The molecule has 22 heavy (non-hydrogen) atoms. The van der Waals surface area contributed by atoms with E-state index in [1.54, 1.807) is 6.92 Å². The third-order valence-electron chi connectivity index (χ3n) is 2.82. The van der Waals surface area contributed by atoms with E-state index in [1.165, 1.54) is 16.8 Å². The van der Waals surface area contributed by atoms with Gasteiger partial charge < -0.3 is 30.1 Å². The fourth-order valence-electron chi connectivity index (χ4n) is 1.66. The summed E-state index contributed by atoms with van der Waals surface area (Å²) < 4.78 is 12.2. The maximum atomic E-state index is 11.7. The lowest BCUT2D eigenvalue weighted by atomic mass is 10.3. The number of ether oxygens (including phenoxy) is 2. The Balaban J connectivity index is 2.65. The molecule has 1 aromatic rings. The van der Waals surface area contributed by atoms with Crippen LogP contribution >= 0.6 is 8.38 Å². The Morgan fingerprint density at radius 2 is 2.18 bits per heavy atom. The van der Waals surface area contributed by atoms with E-state index in [-0.39, 0.29) is 38.0 Å². The average Bonchev–Trinajstić information content (AvgIpc) is 2.44. The van der Waals surface area contributed by atoms with Gasteiger partial charge in [0.15, 0.2) is 8.38 Å². The number of nitrogens with two attached hydrogens (primary N) is 1. The lowest BCUT2D eigenvalue weighted by molar-refractivity contribution is -0.0405. The first-order valence-electron chi connectivity index (χ1n) is 6.74. The second-order valence-electron chi connectivity index (χ2n) is 4.73. The minimum Gasteiger partial charge on any atom is -0.396 e. The molecule has 5 N–H and O–H groups in total. The van der Waals surface area contributed by atoms with Crippen molar-refractivity contribution in [1.82, 2.24) is 9.55 Å². The van der Waals surface area contributed by atoms with Crippen LogP contribution in [0.25, 0.3) is 0 Å². The highest BCUT2D eigenvalue weighted by molar-refractivity contribution is 7.44. The molecule has 0 aliphatic rings. The van der Waals surface area contributed by atoms with Crippen molar-refractivity contribution in [3.63, 3.8) is 0 Å². The maximum Gasteiger partial charge on any atom is 0.349 e. The highest BCUT2D eigenvalue weighted by Gasteiger charge is 2.15. The fraction of sp³-hybridized carbons (Fsp3) is 0.667. The molecule has 10 heteroatoms. The zero-order valence-electron chi connectivity index (χ0n) is 12.3. The highest BCUT2D eigenvalue weighted by Crippen LogP contribution is 2.23. The summed E-state index contributed by atoms with van der Waals surface area (Å²) in [4.78, 5) is 33.2. The molecule has 126 valence electrons. The first kappa shape index (κ1) is 19.0. The Morgan fingerprint density at radius 3 is 2.77 bits per heavy atom. The topological polar surface area (TPSA) is 140 Å². The quantitative estimate of drug-likeness (QED) is 0.410. The lowest BCUT2D eigenvalue weighted by Gasteiger charge is -2.21. The van der Waals surface area contributed by atoms with Crippen LogP contribution in [0.1, 0.15) is 13.3 Å². The van der Waals surface area contributed by atoms with Crippen molar-refractivity contribution >= 4 is 14.2 Å². The SMILES string of the molecule is CC(CCO)OCC(Cn1ccc(N)nc1=O)OCP(O)O. The van der Waals surface area contributed by atoms with Gasteiger partial charge in [-0.05, 0) is 19.4 Å². The van der Waals surface area contributed by atoms with Gasteiger partial charge in [0.05, 0.1) is 25.4 Å². The van der Waals surface area contributed by atoms with Crippen LogP contribution in [0.4, 0.5) is 5.82 Å². The van der Waals surface area contributed by atoms with Crippen LogP contribution < -0.4 is 11.4 Å². The largest absolute Gasteiger partial charge is 0.396 e. The van der Waals surface area contributed by atoms with E-state index < -0.39 is 20.2 Å². The van der Waals surface area contributed by atoms with Crippen LogP contribution in [0, 0.1) is 0 Å². The van der Waals surface area contributed by atoms with Crippen molar-refractivity contribution in [3.8, 4) is 0 Å². The molecule has 1 rings (SSSR count). The molecule has 0 bridgehead atoms. The molecule has 9 nitrogen and oxygen atoms in total. The minimum atomic E-state index is -2.19. The second-order valence-corrected chi connectivity index (χ2v) is 5.74. The van der Waals surface area contributed by atoms with Gasteiger partial charge in [-0.2, -0.15) is 4.98 Å². The van der Waals surface area contributed by atoms with E-state index in [2.05, 4.69) is 4.98 Å². The molecule has 0 fully saturated rings. The normalized spacial score (nSPS) is 14.2. The average molecular weight is 335 g/mol. The summed E-state index contributed by atoms with van der Waals surface area (Å²) in [5.74, 6) is 0.126. The summed E-state index contributed by atoms with van der Waals surface area (Å²) in [5.41, 5.74) is 4.90. The Bertz CT molecular complexity index is 498. The number of anilines is 1. The molecule has 1 heterocycles. The van der Waals surface area contributed by atoms with Crippen molar-refractivity contribution in [2.24, 2.45) is 0 Å². The molecule has 1 aromatic heterocycles. The van der Waals surface area contributed by atoms with Crippen molar-refractivity contribution in [1.29, 1.82) is 0 Å². The number of nitrogens with zero attached hydrogens (tertiary/aromatic N) is 2. The smallest absolute Gasteiger partial charge is 0.349 e. The fourth-order valence-corrected chi connectivity index (χ4v) is 2.01. The zero-order valence-corrected chi connectivity index (χ0v) is 13.2. The standard InChI is InChI=1S/C12H22N3O6P/c1-9(3-5-16)20-7-10(21-8-22(18)19)6-15-4-2-11(13)14-12(15)17/h2,4,9-10,16,18-19H,3,5-8H2,1H3,(H2,13,14,17). The third-order valence-corrected chi connectivity index (χ3v) is 3.20. The molecule has 0 saturated carbocycles. The highest BCUT2D eigenvalue weighted by atomic mass is 31.2. The van der Waals surface area contributed by atoms with Gasteiger partial charge >= 0.3 is 5.69 Å². The van der Waals surface area contributed by atoms with Crippen molar-refractivity contribution in [3.05, 3.63) is 22.7 Å². The number of hydrogen-bond donors (Lipinski definition) is 4. The molecular weight excluding hydrogens is 313 g/mol. The molecule has 0 aliphatic carbocycles. The number of aliphatic hydroxyl groups excluding tert-OH is 1. The zero-order chi connectivity index (χ0) is 16.5. The van der Waals surface area contributed by atoms with Gasteiger partial charge in [0.1, 0.15) is 12.2 Å². The van der Waals surface area contributed by atoms with Crippen LogP contribution in [-0.4, -0.2) is 56.2 Å². The predicted octanol–water partition coefficient (Wildman–Crippen LogP) is -0.748. The lowest BCUT2D eigenvalue weighted by Crippen LogP contribution is -2.33. The molecular formula is C12H22N3O6P. The van der Waals surface area contributed by atoms with Crippen molar-refractivity contribution in [2.45, 2.75) is 32.1 Å². The van der Waals surface area contributed by atoms with Crippen molar-refractivity contribution in [2.75, 3.05) is 25.3 Å². The molecule has 0 aliphatic heterocycles. The van der Waals surface area contributed by atoms with Gasteiger partial charge in [-0.1, -0.05) is 0 Å². The second kappa shape index (κ2) is 9.83. The summed E-state index contributed by atoms with van der Waals surface area (Å²) in [5, 5.41) is 8.84. The molecule has 0 radical (unpaired) electrons. The number of aliphatic hydroxyl groups is 1. The van der Waals surface area contributed by atoms with Crippen LogP contribution in [0.5, 0.6) is 0 Å². The van der Waals surface area contributed by atoms with Gasteiger partial charge in [-0.15, -0.1) is 0 Å². The summed E-state index contributed by atoms with van der Waals surface area (Å²) >= 11 is 0. The molecule has 0 spiro atoms. The van der Waals surface area contributed by atoms with E-state index in [4.69, 9.17) is 30.1 Å².